The van der Waals surface area contributed by atoms with Gasteiger partial charge in [0.25, 0.3) is 0 Å². The molecule has 110 valence electrons. The Morgan fingerprint density at radius 1 is 1.11 bits per heavy atom. The lowest BCUT2D eigenvalue weighted by molar-refractivity contribution is 0.0134. The van der Waals surface area contributed by atoms with Crippen LogP contribution >= 0.6 is 0 Å². The molecule has 2 fully saturated rings. The van der Waals surface area contributed by atoms with E-state index in [4.69, 9.17) is 10.7 Å². The normalized spacial score (nSPS) is 28.9. The van der Waals surface area contributed by atoms with Gasteiger partial charge in [-0.05, 0) is 38.5 Å². The number of urea groups is 1. The Hall–Kier alpha value is -0.810. The maximum Gasteiger partial charge on any atom is 0.317 e. The summed E-state index contributed by atoms with van der Waals surface area (Å²) in [6.07, 6.45) is 10.1. The predicted molar refractivity (Wildman–Crippen MR) is 74.5 cm³/mol. The first kappa shape index (κ1) is 14.6. The number of hydrogen-bond acceptors (Lipinski definition) is 3. The average Bonchev–Trinajstić information content (AvgIpc) is 2.47. The molecule has 5 nitrogen and oxygen atoms in total. The molecule has 2 saturated carbocycles. The van der Waals surface area contributed by atoms with Crippen molar-refractivity contribution in [3.63, 3.8) is 0 Å². The number of nitrogens with two attached hydrogens (primary N) is 1. The average molecular weight is 269 g/mol. The fraction of sp³-hybridized carbons (Fsp3) is 0.929. The van der Waals surface area contributed by atoms with Gasteiger partial charge in [-0.2, -0.15) is 0 Å². The van der Waals surface area contributed by atoms with E-state index >= 15 is 0 Å². The van der Waals surface area contributed by atoms with Crippen LogP contribution < -0.4 is 11.2 Å². The minimum atomic E-state index is 0.0871. The second kappa shape index (κ2) is 7.10. The van der Waals surface area contributed by atoms with Gasteiger partial charge in [0.2, 0.25) is 0 Å². The fourth-order valence-corrected chi connectivity index (χ4v) is 3.26. The lowest BCUT2D eigenvalue weighted by Crippen LogP contribution is -2.49. The van der Waals surface area contributed by atoms with Crippen molar-refractivity contribution in [3.05, 3.63) is 0 Å². The van der Waals surface area contributed by atoms with Crippen molar-refractivity contribution in [1.29, 1.82) is 0 Å². The molecule has 0 heterocycles. The molecule has 0 atom stereocenters. The van der Waals surface area contributed by atoms with Crippen molar-refractivity contribution in [3.8, 4) is 0 Å². The molecule has 0 aliphatic heterocycles. The molecule has 2 amide bonds. The second-order valence-corrected chi connectivity index (χ2v) is 5.96. The zero-order valence-electron chi connectivity index (χ0n) is 11.9. The van der Waals surface area contributed by atoms with Crippen LogP contribution in [0, 0.1) is 0 Å². The largest absolute Gasteiger partial charge is 0.335 e. The molecule has 19 heavy (non-hydrogen) atoms. The highest BCUT2D eigenvalue weighted by Crippen LogP contribution is 2.24. The van der Waals surface area contributed by atoms with Crippen LogP contribution in [0.1, 0.15) is 57.8 Å². The summed E-state index contributed by atoms with van der Waals surface area (Å²) in [5, 5.41) is 3.17. The Balaban J connectivity index is 1.75. The molecule has 2 aliphatic rings. The summed E-state index contributed by atoms with van der Waals surface area (Å²) in [6.45, 7) is 0. The summed E-state index contributed by atoms with van der Waals surface area (Å²) in [7, 11) is 1.91. The van der Waals surface area contributed by atoms with Crippen molar-refractivity contribution >= 4 is 6.03 Å². The molecule has 5 heteroatoms. The molecule has 0 bridgehead atoms. The highest BCUT2D eigenvalue weighted by Gasteiger charge is 2.27. The van der Waals surface area contributed by atoms with Gasteiger partial charge in [0.1, 0.15) is 0 Å². The van der Waals surface area contributed by atoms with Crippen molar-refractivity contribution in [2.24, 2.45) is 5.90 Å². The van der Waals surface area contributed by atoms with Gasteiger partial charge in [-0.15, -0.1) is 0 Å². The predicted octanol–water partition coefficient (Wildman–Crippen LogP) is 2.16. The van der Waals surface area contributed by atoms with Crippen molar-refractivity contribution < 1.29 is 9.63 Å². The third-order valence-corrected chi connectivity index (χ3v) is 4.64. The molecule has 0 saturated heterocycles. The standard InChI is InChI=1S/C14H27N3O2/c1-17(12-7-9-13(19-15)10-8-12)14(18)16-11-5-3-2-4-6-11/h11-13H,2-10,15H2,1H3,(H,16,18). The summed E-state index contributed by atoms with van der Waals surface area (Å²) in [4.78, 5) is 19.0. The molecule has 0 radical (unpaired) electrons. The maximum absolute atomic E-state index is 12.2. The second-order valence-electron chi connectivity index (χ2n) is 5.96. The number of carbonyl (C=O) groups excluding carboxylic acids is 1. The summed E-state index contributed by atoms with van der Waals surface area (Å²) < 4.78 is 0. The van der Waals surface area contributed by atoms with Crippen molar-refractivity contribution in [1.82, 2.24) is 10.2 Å². The van der Waals surface area contributed by atoms with Crippen LogP contribution in [0.3, 0.4) is 0 Å². The van der Waals surface area contributed by atoms with E-state index in [0.717, 1.165) is 38.5 Å². The minimum absolute atomic E-state index is 0.0871. The Kier molecular flexibility index (Phi) is 5.45. The van der Waals surface area contributed by atoms with Gasteiger partial charge in [-0.25, -0.2) is 10.7 Å². The molecule has 0 spiro atoms. The van der Waals surface area contributed by atoms with Crippen LogP contribution in [0.15, 0.2) is 0 Å². The third kappa shape index (κ3) is 4.08. The summed E-state index contributed by atoms with van der Waals surface area (Å²) >= 11 is 0. The minimum Gasteiger partial charge on any atom is -0.335 e. The molecule has 2 aliphatic carbocycles. The monoisotopic (exact) mass is 269 g/mol. The molecule has 0 aromatic heterocycles. The lowest BCUT2D eigenvalue weighted by Gasteiger charge is -2.35. The van der Waals surface area contributed by atoms with E-state index in [9.17, 15) is 4.79 Å². The summed E-state index contributed by atoms with van der Waals surface area (Å²) in [5.74, 6) is 5.22. The van der Waals surface area contributed by atoms with Gasteiger partial charge >= 0.3 is 6.03 Å². The number of hydrogen-bond donors (Lipinski definition) is 2. The van der Waals surface area contributed by atoms with Gasteiger partial charge in [0.15, 0.2) is 0 Å². The quantitative estimate of drug-likeness (QED) is 0.772. The molecule has 0 aromatic rings. The zero-order chi connectivity index (χ0) is 13.7. The van der Waals surface area contributed by atoms with Crippen LogP contribution in [0.2, 0.25) is 0 Å². The smallest absolute Gasteiger partial charge is 0.317 e. The zero-order valence-corrected chi connectivity index (χ0v) is 11.9. The molecular formula is C14H27N3O2. The van der Waals surface area contributed by atoms with Crippen molar-refractivity contribution in [2.75, 3.05) is 7.05 Å². The number of rotatable bonds is 3. The molecule has 0 aromatic carbocycles. The topological polar surface area (TPSA) is 67.6 Å². The Morgan fingerprint density at radius 3 is 2.32 bits per heavy atom. The molecule has 3 N–H and O–H groups in total. The summed E-state index contributed by atoms with van der Waals surface area (Å²) in [5.41, 5.74) is 0. The molecule has 0 unspecified atom stereocenters. The van der Waals surface area contributed by atoms with E-state index in [2.05, 4.69) is 5.32 Å². The number of carbonyl (C=O) groups is 1. The fourth-order valence-electron chi connectivity index (χ4n) is 3.26. The first-order valence-electron chi connectivity index (χ1n) is 7.59. The van der Waals surface area contributed by atoms with E-state index < -0.39 is 0 Å². The van der Waals surface area contributed by atoms with Crippen LogP contribution in [-0.4, -0.2) is 36.2 Å². The number of nitrogens with zero attached hydrogens (tertiary/aromatic N) is 1. The van der Waals surface area contributed by atoms with Gasteiger partial charge < -0.3 is 15.1 Å². The van der Waals surface area contributed by atoms with E-state index in [0.29, 0.717) is 12.1 Å². The molecular weight excluding hydrogens is 242 g/mol. The molecule has 2 rings (SSSR count). The highest BCUT2D eigenvalue weighted by atomic mass is 16.6. The van der Waals surface area contributed by atoms with Gasteiger partial charge in [0.05, 0.1) is 6.10 Å². The van der Waals surface area contributed by atoms with Crippen molar-refractivity contribution in [2.45, 2.75) is 76.0 Å². The highest BCUT2D eigenvalue weighted by molar-refractivity contribution is 5.74. The van der Waals surface area contributed by atoms with E-state index in [1.54, 1.807) is 0 Å². The first-order valence-corrected chi connectivity index (χ1v) is 7.59. The third-order valence-electron chi connectivity index (χ3n) is 4.64. The van der Waals surface area contributed by atoms with Crippen LogP contribution in [-0.2, 0) is 4.84 Å². The van der Waals surface area contributed by atoms with Crippen LogP contribution in [0.25, 0.3) is 0 Å². The van der Waals surface area contributed by atoms with Crippen LogP contribution in [0.5, 0.6) is 0 Å². The van der Waals surface area contributed by atoms with Gasteiger partial charge in [0, 0.05) is 19.1 Å². The Morgan fingerprint density at radius 2 is 1.74 bits per heavy atom. The lowest BCUT2D eigenvalue weighted by atomic mass is 9.92. The van der Waals surface area contributed by atoms with Crippen LogP contribution in [0.4, 0.5) is 4.79 Å². The SMILES string of the molecule is CN(C(=O)NC1CCCCC1)C1CCC(ON)CC1. The Bertz CT molecular complexity index is 284. The number of nitrogens with one attached hydrogen (secondary N) is 1. The Labute approximate surface area is 115 Å². The summed E-state index contributed by atoms with van der Waals surface area (Å²) in [6, 6.07) is 0.798. The van der Waals surface area contributed by atoms with E-state index in [1.165, 1.54) is 19.3 Å². The van der Waals surface area contributed by atoms with E-state index in [-0.39, 0.29) is 12.1 Å². The number of amides is 2. The maximum atomic E-state index is 12.2. The van der Waals surface area contributed by atoms with Gasteiger partial charge in [-0.1, -0.05) is 19.3 Å². The van der Waals surface area contributed by atoms with E-state index in [1.807, 2.05) is 11.9 Å². The first-order chi connectivity index (χ1) is 9.20. The van der Waals surface area contributed by atoms with Gasteiger partial charge in [-0.3, -0.25) is 0 Å².